The highest BCUT2D eigenvalue weighted by Gasteiger charge is 2.10. The van der Waals surface area contributed by atoms with Gasteiger partial charge in [0.05, 0.1) is 31.0 Å². The minimum Gasteiger partial charge on any atom is -0.469 e. The Bertz CT molecular complexity index is 520. The van der Waals surface area contributed by atoms with Gasteiger partial charge in [0.15, 0.2) is 0 Å². The Morgan fingerprint density at radius 1 is 1.65 bits per heavy atom. The first-order valence-corrected chi connectivity index (χ1v) is 5.89. The van der Waals surface area contributed by atoms with Crippen molar-refractivity contribution in [3.8, 4) is 10.6 Å². The lowest BCUT2D eigenvalue weighted by Crippen LogP contribution is -2.01. The monoisotopic (exact) mass is 252 g/mol. The molecule has 0 amide bonds. The second-order valence-corrected chi connectivity index (χ2v) is 4.28. The molecule has 7 heteroatoms. The van der Waals surface area contributed by atoms with Crippen LogP contribution in [0, 0.1) is 0 Å². The number of nitrogens with two attached hydrogens (primary N) is 1. The summed E-state index contributed by atoms with van der Waals surface area (Å²) in [7, 11) is 1.38. The number of ether oxygens (including phenoxy) is 1. The molecular formula is C10H12N4O2S. The number of aryl methyl sites for hydroxylation is 1. The number of aromatic amines is 1. The first-order valence-electron chi connectivity index (χ1n) is 5.01. The standard InChI is InChI=1S/C10H12N4O2S/c1-16-8(15)3-2-6-5-17-10(13-6)7-4-12-14-9(7)11/h4-5H,2-3H2,1H3,(H3,11,12,14). The fourth-order valence-corrected chi connectivity index (χ4v) is 2.22. The van der Waals surface area contributed by atoms with Gasteiger partial charge in [0.2, 0.25) is 0 Å². The first-order chi connectivity index (χ1) is 8.20. The van der Waals surface area contributed by atoms with Gasteiger partial charge in [-0.25, -0.2) is 4.98 Å². The molecule has 2 aromatic rings. The van der Waals surface area contributed by atoms with Crippen molar-refractivity contribution in [2.45, 2.75) is 12.8 Å². The number of H-pyrrole nitrogens is 1. The predicted molar refractivity (Wildman–Crippen MR) is 64.4 cm³/mol. The van der Waals surface area contributed by atoms with Crippen molar-refractivity contribution in [2.75, 3.05) is 12.8 Å². The number of anilines is 1. The Morgan fingerprint density at radius 3 is 3.12 bits per heavy atom. The Labute approximate surface area is 102 Å². The van der Waals surface area contributed by atoms with E-state index in [9.17, 15) is 4.79 Å². The van der Waals surface area contributed by atoms with Crippen LogP contribution in [0.3, 0.4) is 0 Å². The molecule has 2 aromatic heterocycles. The highest BCUT2D eigenvalue weighted by molar-refractivity contribution is 7.13. The number of nitrogen functional groups attached to an aromatic ring is 1. The predicted octanol–water partition coefficient (Wildman–Crippen LogP) is 1.22. The van der Waals surface area contributed by atoms with Crippen LogP contribution in [0.1, 0.15) is 12.1 Å². The van der Waals surface area contributed by atoms with Gasteiger partial charge in [-0.3, -0.25) is 9.89 Å². The highest BCUT2D eigenvalue weighted by Crippen LogP contribution is 2.27. The van der Waals surface area contributed by atoms with E-state index in [1.165, 1.54) is 18.4 Å². The summed E-state index contributed by atoms with van der Waals surface area (Å²) in [6.07, 6.45) is 2.54. The van der Waals surface area contributed by atoms with Gasteiger partial charge in [-0.15, -0.1) is 11.3 Å². The van der Waals surface area contributed by atoms with Crippen LogP contribution in [0.25, 0.3) is 10.6 Å². The van der Waals surface area contributed by atoms with E-state index in [4.69, 9.17) is 5.73 Å². The van der Waals surface area contributed by atoms with Crippen LogP contribution in [0.2, 0.25) is 0 Å². The minimum absolute atomic E-state index is 0.234. The molecular weight excluding hydrogens is 240 g/mol. The number of hydrogen-bond acceptors (Lipinski definition) is 6. The average molecular weight is 252 g/mol. The summed E-state index contributed by atoms with van der Waals surface area (Å²) in [4.78, 5) is 15.4. The fourth-order valence-electron chi connectivity index (χ4n) is 1.34. The molecule has 0 unspecified atom stereocenters. The number of hydrogen-bond donors (Lipinski definition) is 2. The molecule has 0 aromatic carbocycles. The zero-order valence-electron chi connectivity index (χ0n) is 9.27. The van der Waals surface area contributed by atoms with E-state index < -0.39 is 0 Å². The summed E-state index contributed by atoms with van der Waals surface area (Å²) < 4.78 is 4.57. The second-order valence-electron chi connectivity index (χ2n) is 3.42. The molecule has 3 N–H and O–H groups in total. The summed E-state index contributed by atoms with van der Waals surface area (Å²) in [6.45, 7) is 0. The SMILES string of the molecule is COC(=O)CCc1csc(-c2cn[nH]c2N)n1. The van der Waals surface area contributed by atoms with Crippen LogP contribution in [0.15, 0.2) is 11.6 Å². The van der Waals surface area contributed by atoms with Crippen molar-refractivity contribution in [3.63, 3.8) is 0 Å². The van der Waals surface area contributed by atoms with Gasteiger partial charge in [-0.05, 0) is 0 Å². The Morgan fingerprint density at radius 2 is 2.47 bits per heavy atom. The van der Waals surface area contributed by atoms with Gasteiger partial charge >= 0.3 is 5.97 Å². The Kier molecular flexibility index (Phi) is 3.38. The molecule has 6 nitrogen and oxygen atoms in total. The Hall–Kier alpha value is -1.89. The summed E-state index contributed by atoms with van der Waals surface area (Å²) >= 11 is 1.48. The average Bonchev–Trinajstić information content (AvgIpc) is 2.94. The molecule has 0 fully saturated rings. The van der Waals surface area contributed by atoms with E-state index in [0.29, 0.717) is 18.7 Å². The van der Waals surface area contributed by atoms with Gasteiger partial charge in [0, 0.05) is 11.8 Å². The third-order valence-corrected chi connectivity index (χ3v) is 3.19. The summed E-state index contributed by atoms with van der Waals surface area (Å²) in [5, 5.41) is 9.20. The van der Waals surface area contributed by atoms with E-state index >= 15 is 0 Å². The maximum atomic E-state index is 11.0. The number of nitrogens with one attached hydrogen (secondary N) is 1. The summed E-state index contributed by atoms with van der Waals surface area (Å²) in [6, 6.07) is 0. The highest BCUT2D eigenvalue weighted by atomic mass is 32.1. The lowest BCUT2D eigenvalue weighted by atomic mass is 10.2. The van der Waals surface area contributed by atoms with E-state index in [1.54, 1.807) is 6.20 Å². The van der Waals surface area contributed by atoms with Crippen LogP contribution in [0.4, 0.5) is 5.82 Å². The molecule has 2 heterocycles. The molecule has 0 bridgehead atoms. The summed E-state index contributed by atoms with van der Waals surface area (Å²) in [5.41, 5.74) is 7.35. The van der Waals surface area contributed by atoms with Crippen molar-refractivity contribution >= 4 is 23.1 Å². The third-order valence-electron chi connectivity index (χ3n) is 2.26. The molecule has 0 aliphatic rings. The van der Waals surface area contributed by atoms with Crippen LogP contribution < -0.4 is 5.73 Å². The van der Waals surface area contributed by atoms with Crippen LogP contribution >= 0.6 is 11.3 Å². The molecule has 0 atom stereocenters. The van der Waals surface area contributed by atoms with Gasteiger partial charge in [-0.2, -0.15) is 5.10 Å². The summed E-state index contributed by atoms with van der Waals surface area (Å²) in [5.74, 6) is 0.265. The molecule has 0 saturated heterocycles. The number of thiazole rings is 1. The molecule has 0 spiro atoms. The van der Waals surface area contributed by atoms with Gasteiger partial charge in [-0.1, -0.05) is 0 Å². The quantitative estimate of drug-likeness (QED) is 0.798. The maximum Gasteiger partial charge on any atom is 0.305 e. The van der Waals surface area contributed by atoms with Crippen molar-refractivity contribution in [3.05, 3.63) is 17.3 Å². The van der Waals surface area contributed by atoms with E-state index in [2.05, 4.69) is 19.9 Å². The van der Waals surface area contributed by atoms with E-state index in [0.717, 1.165) is 16.3 Å². The van der Waals surface area contributed by atoms with Crippen molar-refractivity contribution in [1.82, 2.24) is 15.2 Å². The minimum atomic E-state index is -0.234. The third kappa shape index (κ3) is 2.62. The second kappa shape index (κ2) is 4.96. The molecule has 0 aliphatic heterocycles. The molecule has 2 rings (SSSR count). The van der Waals surface area contributed by atoms with E-state index in [1.807, 2.05) is 5.38 Å². The van der Waals surface area contributed by atoms with Gasteiger partial charge in [0.1, 0.15) is 10.8 Å². The first kappa shape index (κ1) is 11.6. The normalized spacial score (nSPS) is 10.4. The lowest BCUT2D eigenvalue weighted by molar-refractivity contribution is -0.140. The van der Waals surface area contributed by atoms with Crippen molar-refractivity contribution in [1.29, 1.82) is 0 Å². The zero-order chi connectivity index (χ0) is 12.3. The number of aromatic nitrogens is 3. The zero-order valence-corrected chi connectivity index (χ0v) is 10.1. The van der Waals surface area contributed by atoms with E-state index in [-0.39, 0.29) is 5.97 Å². The molecule has 90 valence electrons. The van der Waals surface area contributed by atoms with Crippen LogP contribution in [-0.4, -0.2) is 28.3 Å². The number of methoxy groups -OCH3 is 1. The van der Waals surface area contributed by atoms with Crippen LogP contribution in [-0.2, 0) is 16.0 Å². The Balaban J connectivity index is 2.06. The smallest absolute Gasteiger partial charge is 0.305 e. The number of carbonyl (C=O) groups excluding carboxylic acids is 1. The molecule has 0 radical (unpaired) electrons. The van der Waals surface area contributed by atoms with Gasteiger partial charge in [0.25, 0.3) is 0 Å². The fraction of sp³-hybridized carbons (Fsp3) is 0.300. The lowest BCUT2D eigenvalue weighted by Gasteiger charge is -1.96. The number of nitrogens with zero attached hydrogens (tertiary/aromatic N) is 2. The van der Waals surface area contributed by atoms with Crippen LogP contribution in [0.5, 0.6) is 0 Å². The number of carbonyl (C=O) groups is 1. The number of esters is 1. The topological polar surface area (TPSA) is 93.9 Å². The maximum absolute atomic E-state index is 11.0. The molecule has 0 saturated carbocycles. The molecule has 17 heavy (non-hydrogen) atoms. The van der Waals surface area contributed by atoms with Gasteiger partial charge < -0.3 is 10.5 Å². The number of rotatable bonds is 4. The largest absolute Gasteiger partial charge is 0.469 e. The van der Waals surface area contributed by atoms with Crippen molar-refractivity contribution in [2.24, 2.45) is 0 Å². The molecule has 0 aliphatic carbocycles. The van der Waals surface area contributed by atoms with Crippen molar-refractivity contribution < 1.29 is 9.53 Å².